The molecule has 0 aliphatic heterocycles. The van der Waals surface area contributed by atoms with Crippen LogP contribution in [0.25, 0.3) is 0 Å². The number of ether oxygens (including phenoxy) is 2. The van der Waals surface area contributed by atoms with Gasteiger partial charge in [-0.3, -0.25) is 14.4 Å². The van der Waals surface area contributed by atoms with Crippen molar-refractivity contribution in [2.45, 2.75) is 126 Å². The van der Waals surface area contributed by atoms with Crippen molar-refractivity contribution in [1.29, 1.82) is 0 Å². The topological polar surface area (TPSA) is 114 Å². The lowest BCUT2D eigenvalue weighted by Crippen LogP contribution is -2.56. The number of carbonyl (C=O) groups excluding carboxylic acids is 4. The summed E-state index contributed by atoms with van der Waals surface area (Å²) in [6, 6.07) is 3.54. The second-order valence-electron chi connectivity index (χ2n) is 13.0. The minimum absolute atomic E-state index is 0.0201. The molecule has 1 rings (SSSR count). The van der Waals surface area contributed by atoms with Crippen molar-refractivity contribution < 1.29 is 28.7 Å². The number of nitrogens with zero attached hydrogens (tertiary/aromatic N) is 1. The van der Waals surface area contributed by atoms with Crippen molar-refractivity contribution in [3.05, 3.63) is 34.9 Å². The summed E-state index contributed by atoms with van der Waals surface area (Å²) in [7, 11) is 0. The summed E-state index contributed by atoms with van der Waals surface area (Å²) in [6.07, 6.45) is 1.23. The molecule has 0 aliphatic rings. The molecule has 0 fully saturated rings. The monoisotopic (exact) mass is 589 g/mol. The van der Waals surface area contributed by atoms with Gasteiger partial charge in [0, 0.05) is 12.6 Å². The molecule has 3 unspecified atom stereocenters. The molecular formula is C33H55N3O6. The van der Waals surface area contributed by atoms with Crippen LogP contribution in [0.15, 0.2) is 18.2 Å². The molecule has 2 N–H and O–H groups in total. The number of hydrogen-bond donors (Lipinski definition) is 2. The molecule has 9 heteroatoms. The highest BCUT2D eigenvalue weighted by Gasteiger charge is 2.39. The fourth-order valence-corrected chi connectivity index (χ4v) is 4.63. The summed E-state index contributed by atoms with van der Waals surface area (Å²) < 4.78 is 10.5. The Hall–Kier alpha value is -3.10. The third-order valence-corrected chi connectivity index (χ3v) is 6.89. The van der Waals surface area contributed by atoms with E-state index >= 15 is 0 Å². The lowest BCUT2D eigenvalue weighted by Gasteiger charge is -2.39. The highest BCUT2D eigenvalue weighted by molar-refractivity contribution is 5.92. The fraction of sp³-hybridized carbons (Fsp3) is 0.697. The normalized spacial score (nSPS) is 13.7. The van der Waals surface area contributed by atoms with Crippen LogP contribution < -0.4 is 10.6 Å². The van der Waals surface area contributed by atoms with E-state index in [1.165, 1.54) is 0 Å². The minimum Gasteiger partial charge on any atom is -0.466 e. The van der Waals surface area contributed by atoms with Crippen molar-refractivity contribution in [1.82, 2.24) is 15.5 Å². The van der Waals surface area contributed by atoms with Gasteiger partial charge in [0.05, 0.1) is 13.0 Å². The molecule has 1 aromatic rings. The number of amides is 3. The van der Waals surface area contributed by atoms with Crippen LogP contribution >= 0.6 is 0 Å². The van der Waals surface area contributed by atoms with Crippen molar-refractivity contribution >= 4 is 23.9 Å². The first kappa shape index (κ1) is 36.9. The van der Waals surface area contributed by atoms with Gasteiger partial charge < -0.3 is 25.0 Å². The molecule has 3 atom stereocenters. The molecule has 0 saturated heterocycles. The van der Waals surface area contributed by atoms with Gasteiger partial charge in [-0.15, -0.1) is 0 Å². The van der Waals surface area contributed by atoms with Crippen LogP contribution in [-0.2, 0) is 23.9 Å². The third kappa shape index (κ3) is 12.8. The second kappa shape index (κ2) is 17.1. The summed E-state index contributed by atoms with van der Waals surface area (Å²) in [5.41, 5.74) is 1.98. The molecule has 0 bridgehead atoms. The van der Waals surface area contributed by atoms with Crippen LogP contribution in [0.1, 0.15) is 111 Å². The van der Waals surface area contributed by atoms with Crippen LogP contribution in [0.2, 0.25) is 0 Å². The van der Waals surface area contributed by atoms with E-state index in [0.29, 0.717) is 24.3 Å². The maximum Gasteiger partial charge on any atom is 0.408 e. The van der Waals surface area contributed by atoms with Gasteiger partial charge in [0.2, 0.25) is 11.8 Å². The van der Waals surface area contributed by atoms with Gasteiger partial charge in [-0.2, -0.15) is 0 Å². The highest BCUT2D eigenvalue weighted by atomic mass is 16.6. The standard InChI is InChI=1S/C33H55N3O6/c1-12-41-28(37)17-18-34-30(38)29(26-16-14-23(6)24(7)20-26)36(25(8)15-13-21(2)3)31(39)27(19-22(4)5)35-32(40)42-33(9,10)11/h14,16,20-22,25,27,29H,12-13,15,17-19H2,1-11H3,(H,34,38)(H,35,40). The molecule has 0 radical (unpaired) electrons. The minimum atomic E-state index is -0.976. The number of esters is 1. The van der Waals surface area contributed by atoms with Gasteiger partial charge in [-0.05, 0) is 96.3 Å². The van der Waals surface area contributed by atoms with E-state index in [2.05, 4.69) is 24.5 Å². The fourth-order valence-electron chi connectivity index (χ4n) is 4.63. The zero-order valence-corrected chi connectivity index (χ0v) is 27.8. The van der Waals surface area contributed by atoms with Crippen molar-refractivity contribution in [3.8, 4) is 0 Å². The number of nitrogens with one attached hydrogen (secondary N) is 2. The quantitative estimate of drug-likeness (QED) is 0.242. The Kier molecular flexibility index (Phi) is 15.1. The largest absolute Gasteiger partial charge is 0.466 e. The molecule has 0 aliphatic carbocycles. The summed E-state index contributed by atoms with van der Waals surface area (Å²) >= 11 is 0. The molecular weight excluding hydrogens is 534 g/mol. The Morgan fingerprint density at radius 2 is 1.57 bits per heavy atom. The molecule has 42 heavy (non-hydrogen) atoms. The maximum atomic E-state index is 14.5. The lowest BCUT2D eigenvalue weighted by molar-refractivity contribution is -0.146. The number of hydrogen-bond acceptors (Lipinski definition) is 6. The Morgan fingerprint density at radius 1 is 0.929 bits per heavy atom. The number of carbonyl (C=O) groups is 4. The van der Waals surface area contributed by atoms with E-state index in [-0.39, 0.29) is 37.4 Å². The summed E-state index contributed by atoms with van der Waals surface area (Å²) in [6.45, 7) is 21.5. The number of alkyl carbamates (subject to hydrolysis) is 1. The van der Waals surface area contributed by atoms with E-state index in [1.807, 2.05) is 52.8 Å². The average Bonchev–Trinajstić information content (AvgIpc) is 2.85. The molecule has 0 saturated carbocycles. The summed E-state index contributed by atoms with van der Waals surface area (Å²) in [4.78, 5) is 54.9. The molecule has 0 heterocycles. The molecule has 9 nitrogen and oxygen atoms in total. The predicted molar refractivity (Wildman–Crippen MR) is 166 cm³/mol. The van der Waals surface area contributed by atoms with Gasteiger partial charge in [0.15, 0.2) is 0 Å². The van der Waals surface area contributed by atoms with E-state index in [9.17, 15) is 19.2 Å². The number of benzene rings is 1. The van der Waals surface area contributed by atoms with Crippen molar-refractivity contribution in [3.63, 3.8) is 0 Å². The Labute approximate surface area is 253 Å². The van der Waals surface area contributed by atoms with Gasteiger partial charge >= 0.3 is 12.1 Å². The predicted octanol–water partition coefficient (Wildman–Crippen LogP) is 6.01. The molecule has 0 spiro atoms. The van der Waals surface area contributed by atoms with Gasteiger partial charge in [-0.25, -0.2) is 4.79 Å². The molecule has 1 aromatic carbocycles. The number of rotatable bonds is 15. The van der Waals surface area contributed by atoms with Crippen LogP contribution in [0.4, 0.5) is 4.79 Å². The Balaban J connectivity index is 3.63. The van der Waals surface area contributed by atoms with Crippen LogP contribution in [0, 0.1) is 25.7 Å². The molecule has 0 aromatic heterocycles. The maximum absolute atomic E-state index is 14.5. The smallest absolute Gasteiger partial charge is 0.408 e. The first-order chi connectivity index (χ1) is 19.5. The van der Waals surface area contributed by atoms with E-state index < -0.39 is 35.7 Å². The van der Waals surface area contributed by atoms with E-state index in [0.717, 1.165) is 17.5 Å². The first-order valence-corrected chi connectivity index (χ1v) is 15.3. The first-order valence-electron chi connectivity index (χ1n) is 15.3. The Morgan fingerprint density at radius 3 is 2.10 bits per heavy atom. The molecule has 238 valence electrons. The lowest BCUT2D eigenvalue weighted by atomic mass is 9.94. The zero-order valence-electron chi connectivity index (χ0n) is 27.8. The summed E-state index contributed by atoms with van der Waals surface area (Å²) in [5, 5.41) is 5.66. The zero-order chi connectivity index (χ0) is 32.2. The second-order valence-corrected chi connectivity index (χ2v) is 13.0. The molecule has 3 amide bonds. The van der Waals surface area contributed by atoms with E-state index in [1.54, 1.807) is 32.6 Å². The van der Waals surface area contributed by atoms with Crippen molar-refractivity contribution in [2.24, 2.45) is 11.8 Å². The SMILES string of the molecule is CCOC(=O)CCNC(=O)C(c1ccc(C)c(C)c1)N(C(=O)C(CC(C)C)NC(=O)OC(C)(C)C)C(C)CCC(C)C. The highest BCUT2D eigenvalue weighted by Crippen LogP contribution is 2.29. The third-order valence-electron chi connectivity index (χ3n) is 6.89. The Bertz CT molecular complexity index is 1050. The van der Waals surface area contributed by atoms with E-state index in [4.69, 9.17) is 9.47 Å². The van der Waals surface area contributed by atoms with Crippen molar-refractivity contribution in [2.75, 3.05) is 13.2 Å². The van der Waals surface area contributed by atoms with Gasteiger partial charge in [0.1, 0.15) is 17.7 Å². The van der Waals surface area contributed by atoms with Gasteiger partial charge in [0.25, 0.3) is 0 Å². The number of aryl methyl sites for hydroxylation is 2. The average molecular weight is 590 g/mol. The van der Waals surface area contributed by atoms with Crippen LogP contribution in [0.3, 0.4) is 0 Å². The summed E-state index contributed by atoms with van der Waals surface area (Å²) in [5.74, 6) is -0.672. The van der Waals surface area contributed by atoms with Gasteiger partial charge in [-0.1, -0.05) is 45.9 Å². The van der Waals surface area contributed by atoms with Crippen LogP contribution in [-0.4, -0.2) is 59.6 Å². The van der Waals surface area contributed by atoms with Crippen LogP contribution in [0.5, 0.6) is 0 Å².